The van der Waals surface area contributed by atoms with Gasteiger partial charge in [-0.25, -0.2) is 4.79 Å². The molecule has 0 saturated heterocycles. The lowest BCUT2D eigenvalue weighted by Gasteiger charge is -2.14. The van der Waals surface area contributed by atoms with Crippen LogP contribution in [0.1, 0.15) is 34.6 Å². The van der Waals surface area contributed by atoms with Crippen molar-refractivity contribution in [1.29, 1.82) is 0 Å². The first kappa shape index (κ1) is 19.0. The Morgan fingerprint density at radius 1 is 1.28 bits per heavy atom. The molecule has 0 aliphatic carbocycles. The van der Waals surface area contributed by atoms with Gasteiger partial charge in [0.2, 0.25) is 0 Å². The molecule has 0 spiro atoms. The Balaban J connectivity index is 0. The van der Waals surface area contributed by atoms with Crippen molar-refractivity contribution in [3.63, 3.8) is 0 Å². The molecule has 0 bridgehead atoms. The number of carbonyl (C=O) groups is 2. The van der Waals surface area contributed by atoms with Gasteiger partial charge >= 0.3 is 12.1 Å². The zero-order valence-corrected chi connectivity index (χ0v) is 12.1. The van der Waals surface area contributed by atoms with Crippen molar-refractivity contribution in [3.8, 4) is 0 Å². The van der Waals surface area contributed by atoms with Gasteiger partial charge in [0.1, 0.15) is 6.54 Å². The zero-order valence-electron chi connectivity index (χ0n) is 12.1. The molecule has 0 unspecified atom stereocenters. The SMILES string of the molecule is CC(C)COC(=O)NCC(=O)O.COC(C)(C)C. The van der Waals surface area contributed by atoms with Crippen molar-refractivity contribution in [1.82, 2.24) is 5.32 Å². The Morgan fingerprint density at radius 3 is 2.00 bits per heavy atom. The van der Waals surface area contributed by atoms with Crippen molar-refractivity contribution in [2.24, 2.45) is 5.92 Å². The Bertz CT molecular complexity index is 245. The number of carboxylic acids is 1. The maximum absolute atomic E-state index is 10.7. The van der Waals surface area contributed by atoms with Crippen LogP contribution in [0.3, 0.4) is 0 Å². The number of carboxylic acid groups (broad SMARTS) is 1. The summed E-state index contributed by atoms with van der Waals surface area (Å²) < 4.78 is 9.58. The molecule has 0 aliphatic rings. The van der Waals surface area contributed by atoms with Gasteiger partial charge in [0.15, 0.2) is 0 Å². The lowest BCUT2D eigenvalue weighted by Crippen LogP contribution is -2.30. The summed E-state index contributed by atoms with van der Waals surface area (Å²) in [4.78, 5) is 20.6. The normalized spacial score (nSPS) is 10.4. The van der Waals surface area contributed by atoms with Crippen LogP contribution < -0.4 is 5.32 Å². The van der Waals surface area contributed by atoms with E-state index in [1.807, 2.05) is 34.6 Å². The molecule has 0 aromatic heterocycles. The minimum absolute atomic E-state index is 0.0417. The molecule has 6 nitrogen and oxygen atoms in total. The van der Waals surface area contributed by atoms with E-state index in [4.69, 9.17) is 9.84 Å². The molecule has 0 radical (unpaired) electrons. The van der Waals surface area contributed by atoms with E-state index in [9.17, 15) is 9.59 Å². The van der Waals surface area contributed by atoms with E-state index in [0.29, 0.717) is 6.61 Å². The number of hydrogen-bond acceptors (Lipinski definition) is 4. The van der Waals surface area contributed by atoms with Crippen LogP contribution in [0, 0.1) is 5.92 Å². The number of hydrogen-bond donors (Lipinski definition) is 2. The van der Waals surface area contributed by atoms with Gasteiger partial charge in [-0.3, -0.25) is 4.79 Å². The molecular formula is C12H25NO5. The fourth-order valence-corrected chi connectivity index (χ4v) is 0.441. The van der Waals surface area contributed by atoms with Crippen LogP contribution >= 0.6 is 0 Å². The summed E-state index contributed by atoms with van der Waals surface area (Å²) in [5.74, 6) is -0.836. The maximum atomic E-state index is 10.7. The van der Waals surface area contributed by atoms with Gasteiger partial charge < -0.3 is 19.9 Å². The predicted octanol–water partition coefficient (Wildman–Crippen LogP) is 1.88. The number of aliphatic carboxylic acids is 1. The standard InChI is InChI=1S/C7H13NO4.C5H12O/c1-5(2)4-12-7(11)8-3-6(9)10;1-5(2,3)6-4/h5H,3-4H2,1-2H3,(H,8,11)(H,9,10);1-4H3. The van der Waals surface area contributed by atoms with Crippen LogP contribution in [-0.4, -0.2) is 43.0 Å². The van der Waals surface area contributed by atoms with E-state index in [-0.39, 0.29) is 11.5 Å². The number of rotatable bonds is 4. The highest BCUT2D eigenvalue weighted by molar-refractivity contribution is 5.76. The van der Waals surface area contributed by atoms with Gasteiger partial charge in [0.05, 0.1) is 12.2 Å². The van der Waals surface area contributed by atoms with Crippen LogP contribution in [0.5, 0.6) is 0 Å². The number of nitrogens with one attached hydrogen (secondary N) is 1. The van der Waals surface area contributed by atoms with Gasteiger partial charge in [0, 0.05) is 7.11 Å². The highest BCUT2D eigenvalue weighted by atomic mass is 16.5. The summed E-state index contributed by atoms with van der Waals surface area (Å²) in [6.07, 6.45) is -0.689. The first-order chi connectivity index (χ1) is 8.08. The molecule has 2 N–H and O–H groups in total. The fourth-order valence-electron chi connectivity index (χ4n) is 0.441. The van der Waals surface area contributed by atoms with Crippen LogP contribution in [0.25, 0.3) is 0 Å². The van der Waals surface area contributed by atoms with E-state index in [1.165, 1.54) is 0 Å². The largest absolute Gasteiger partial charge is 0.480 e. The summed E-state index contributed by atoms with van der Waals surface area (Å²) in [6, 6.07) is 0. The third kappa shape index (κ3) is 20.2. The third-order valence-corrected chi connectivity index (χ3v) is 1.54. The van der Waals surface area contributed by atoms with Gasteiger partial charge in [-0.15, -0.1) is 0 Å². The lowest BCUT2D eigenvalue weighted by molar-refractivity contribution is -0.135. The van der Waals surface area contributed by atoms with Crippen LogP contribution in [0.15, 0.2) is 0 Å². The lowest BCUT2D eigenvalue weighted by atomic mass is 10.2. The molecule has 0 rings (SSSR count). The van der Waals surface area contributed by atoms with Gasteiger partial charge in [-0.05, 0) is 26.7 Å². The molecule has 0 saturated carbocycles. The first-order valence-electron chi connectivity index (χ1n) is 5.76. The maximum Gasteiger partial charge on any atom is 0.407 e. The second-order valence-electron chi connectivity index (χ2n) is 5.06. The number of ether oxygens (including phenoxy) is 2. The Labute approximate surface area is 109 Å². The predicted molar refractivity (Wildman–Crippen MR) is 68.6 cm³/mol. The smallest absolute Gasteiger partial charge is 0.407 e. The van der Waals surface area contributed by atoms with Crippen LogP contribution in [0.2, 0.25) is 0 Å². The minimum atomic E-state index is -1.09. The van der Waals surface area contributed by atoms with Crippen molar-refractivity contribution in [2.75, 3.05) is 20.3 Å². The topological polar surface area (TPSA) is 84.9 Å². The molecular weight excluding hydrogens is 238 g/mol. The summed E-state index contributed by atoms with van der Waals surface area (Å²) >= 11 is 0. The van der Waals surface area contributed by atoms with E-state index in [1.54, 1.807) is 7.11 Å². The average Bonchev–Trinajstić information content (AvgIpc) is 2.23. The summed E-state index contributed by atoms with van der Waals surface area (Å²) in [6.45, 7) is 9.74. The van der Waals surface area contributed by atoms with Gasteiger partial charge in [0.25, 0.3) is 0 Å². The molecule has 0 heterocycles. The highest BCUT2D eigenvalue weighted by Crippen LogP contribution is 2.02. The molecule has 6 heteroatoms. The second-order valence-corrected chi connectivity index (χ2v) is 5.06. The van der Waals surface area contributed by atoms with E-state index >= 15 is 0 Å². The van der Waals surface area contributed by atoms with Gasteiger partial charge in [-0.1, -0.05) is 13.8 Å². The minimum Gasteiger partial charge on any atom is -0.480 e. The molecule has 108 valence electrons. The van der Waals surface area contributed by atoms with E-state index < -0.39 is 18.6 Å². The van der Waals surface area contributed by atoms with E-state index in [0.717, 1.165) is 0 Å². The zero-order chi connectivity index (χ0) is 14.8. The Hall–Kier alpha value is -1.30. The average molecular weight is 263 g/mol. The number of methoxy groups -OCH3 is 1. The molecule has 0 aromatic carbocycles. The number of carbonyl (C=O) groups excluding carboxylic acids is 1. The second kappa shape index (κ2) is 9.70. The Morgan fingerprint density at radius 2 is 1.72 bits per heavy atom. The van der Waals surface area contributed by atoms with Crippen molar-refractivity contribution < 1.29 is 24.2 Å². The third-order valence-electron chi connectivity index (χ3n) is 1.54. The van der Waals surface area contributed by atoms with Gasteiger partial charge in [-0.2, -0.15) is 0 Å². The number of alkyl carbamates (subject to hydrolysis) is 1. The monoisotopic (exact) mass is 263 g/mol. The van der Waals surface area contributed by atoms with E-state index in [2.05, 4.69) is 10.1 Å². The Kier molecular flexibility index (Phi) is 10.3. The summed E-state index contributed by atoms with van der Waals surface area (Å²) in [7, 11) is 1.71. The van der Waals surface area contributed by atoms with Crippen LogP contribution in [0.4, 0.5) is 4.79 Å². The highest BCUT2D eigenvalue weighted by Gasteiger charge is 2.05. The van der Waals surface area contributed by atoms with Crippen molar-refractivity contribution in [3.05, 3.63) is 0 Å². The molecule has 0 aliphatic heterocycles. The summed E-state index contributed by atoms with van der Waals surface area (Å²) in [5, 5.41) is 10.2. The molecule has 1 amide bonds. The molecule has 0 atom stereocenters. The van der Waals surface area contributed by atoms with Crippen LogP contribution in [-0.2, 0) is 14.3 Å². The first-order valence-corrected chi connectivity index (χ1v) is 5.76. The molecule has 18 heavy (non-hydrogen) atoms. The van der Waals surface area contributed by atoms with Crippen molar-refractivity contribution in [2.45, 2.75) is 40.2 Å². The fraction of sp³-hybridized carbons (Fsp3) is 0.833. The summed E-state index contributed by atoms with van der Waals surface area (Å²) in [5.41, 5.74) is 0.0417. The quantitative estimate of drug-likeness (QED) is 0.809. The van der Waals surface area contributed by atoms with Crippen molar-refractivity contribution >= 4 is 12.1 Å². The molecule has 0 fully saturated rings. The number of amides is 1. The molecule has 0 aromatic rings.